The van der Waals surface area contributed by atoms with E-state index in [1.165, 1.54) is 22.5 Å². The van der Waals surface area contributed by atoms with Gasteiger partial charge in [-0.2, -0.15) is 0 Å². The average molecular weight is 387 g/mol. The molecule has 27 heavy (non-hydrogen) atoms. The van der Waals surface area contributed by atoms with E-state index in [0.717, 1.165) is 36.4 Å². The first-order valence-corrected chi connectivity index (χ1v) is 10.3. The standard InChI is InChI=1S/C21H26N2O3S/c1-4-16-12-17(21(25)26-5-2)20(27-16)22-19(24)13-23-10-6-7-15-11-14(3)8-9-18(15)23/h8-9,11-12H,4-7,10,13H2,1-3H3,(H,22,24). The molecule has 1 aromatic heterocycles. The van der Waals surface area contributed by atoms with Crippen LogP contribution in [-0.4, -0.2) is 31.6 Å². The molecule has 1 aromatic carbocycles. The van der Waals surface area contributed by atoms with Crippen molar-refractivity contribution in [2.24, 2.45) is 0 Å². The molecule has 0 aliphatic carbocycles. The fourth-order valence-corrected chi connectivity index (χ4v) is 4.38. The van der Waals surface area contributed by atoms with Gasteiger partial charge in [0.2, 0.25) is 5.91 Å². The van der Waals surface area contributed by atoms with Crippen LogP contribution in [0.3, 0.4) is 0 Å². The number of hydrogen-bond donors (Lipinski definition) is 1. The number of hydrogen-bond acceptors (Lipinski definition) is 5. The highest BCUT2D eigenvalue weighted by Crippen LogP contribution is 2.30. The Balaban J connectivity index is 1.74. The van der Waals surface area contributed by atoms with Gasteiger partial charge in [-0.1, -0.05) is 24.6 Å². The smallest absolute Gasteiger partial charge is 0.341 e. The molecule has 1 aliphatic heterocycles. The summed E-state index contributed by atoms with van der Waals surface area (Å²) in [5.41, 5.74) is 4.12. The van der Waals surface area contributed by atoms with Crippen molar-refractivity contribution in [3.8, 4) is 0 Å². The zero-order valence-electron chi connectivity index (χ0n) is 16.1. The summed E-state index contributed by atoms with van der Waals surface area (Å²) in [6.45, 7) is 7.34. The second-order valence-electron chi connectivity index (χ2n) is 6.73. The van der Waals surface area contributed by atoms with E-state index in [0.29, 0.717) is 17.2 Å². The normalized spacial score (nSPS) is 13.2. The van der Waals surface area contributed by atoms with Gasteiger partial charge in [0.05, 0.1) is 18.7 Å². The first-order valence-electron chi connectivity index (χ1n) is 9.46. The number of ether oxygens (including phenoxy) is 1. The van der Waals surface area contributed by atoms with E-state index in [1.54, 1.807) is 6.92 Å². The van der Waals surface area contributed by atoms with Gasteiger partial charge in [-0.05, 0) is 50.8 Å². The molecule has 2 aromatic rings. The molecule has 0 bridgehead atoms. The zero-order valence-corrected chi connectivity index (χ0v) is 16.9. The number of esters is 1. The lowest BCUT2D eigenvalue weighted by atomic mass is 9.99. The molecular weight excluding hydrogens is 360 g/mol. The Morgan fingerprint density at radius 1 is 1.26 bits per heavy atom. The maximum absolute atomic E-state index is 12.7. The molecule has 3 rings (SSSR count). The first-order chi connectivity index (χ1) is 13.0. The number of nitrogens with one attached hydrogen (secondary N) is 1. The molecule has 0 spiro atoms. The van der Waals surface area contributed by atoms with E-state index in [-0.39, 0.29) is 18.4 Å². The monoisotopic (exact) mass is 386 g/mol. The molecule has 1 N–H and O–H groups in total. The van der Waals surface area contributed by atoms with Crippen LogP contribution in [0.4, 0.5) is 10.7 Å². The first kappa shape index (κ1) is 19.4. The van der Waals surface area contributed by atoms with E-state index in [4.69, 9.17) is 4.74 Å². The van der Waals surface area contributed by atoms with Gasteiger partial charge in [-0.3, -0.25) is 4.79 Å². The van der Waals surface area contributed by atoms with Gasteiger partial charge in [0, 0.05) is 17.1 Å². The van der Waals surface area contributed by atoms with Crippen molar-refractivity contribution < 1.29 is 14.3 Å². The van der Waals surface area contributed by atoms with Crippen molar-refractivity contribution in [3.63, 3.8) is 0 Å². The molecule has 2 heterocycles. The van der Waals surface area contributed by atoms with Crippen molar-refractivity contribution in [2.75, 3.05) is 29.9 Å². The van der Waals surface area contributed by atoms with Gasteiger partial charge in [0.15, 0.2) is 0 Å². The number of benzene rings is 1. The number of nitrogens with zero attached hydrogens (tertiary/aromatic N) is 1. The molecule has 1 amide bonds. The third-order valence-corrected chi connectivity index (χ3v) is 5.86. The lowest BCUT2D eigenvalue weighted by Gasteiger charge is -2.31. The number of rotatable bonds is 6. The number of aryl methyl sites for hydroxylation is 3. The summed E-state index contributed by atoms with van der Waals surface area (Å²) in [6, 6.07) is 8.20. The third kappa shape index (κ3) is 4.50. The Hall–Kier alpha value is -2.34. The fourth-order valence-electron chi connectivity index (χ4n) is 3.38. The summed E-state index contributed by atoms with van der Waals surface area (Å²) in [5.74, 6) is -0.499. The third-order valence-electron chi connectivity index (χ3n) is 4.66. The second-order valence-corrected chi connectivity index (χ2v) is 7.87. The number of thiophene rings is 1. The second kappa shape index (κ2) is 8.57. The molecule has 6 heteroatoms. The zero-order chi connectivity index (χ0) is 19.4. The maximum atomic E-state index is 12.7. The molecule has 0 saturated carbocycles. The summed E-state index contributed by atoms with van der Waals surface area (Å²) in [6.07, 6.45) is 2.90. The molecule has 5 nitrogen and oxygen atoms in total. The largest absolute Gasteiger partial charge is 0.462 e. The van der Waals surface area contributed by atoms with Gasteiger partial charge in [0.25, 0.3) is 0 Å². The van der Waals surface area contributed by atoms with E-state index in [2.05, 4.69) is 35.3 Å². The van der Waals surface area contributed by atoms with Crippen molar-refractivity contribution in [3.05, 3.63) is 45.8 Å². The quantitative estimate of drug-likeness (QED) is 0.757. The van der Waals surface area contributed by atoms with Crippen LogP contribution < -0.4 is 10.2 Å². The highest BCUT2D eigenvalue weighted by atomic mass is 32.1. The van der Waals surface area contributed by atoms with Crippen LogP contribution in [-0.2, 0) is 22.4 Å². The minimum atomic E-state index is -0.387. The number of carbonyl (C=O) groups is 2. The Labute approximate surface area is 164 Å². The maximum Gasteiger partial charge on any atom is 0.341 e. The Morgan fingerprint density at radius 2 is 2.07 bits per heavy atom. The predicted octanol–water partition coefficient (Wildman–Crippen LogP) is 4.19. The average Bonchev–Trinajstić information content (AvgIpc) is 3.04. The van der Waals surface area contributed by atoms with E-state index in [9.17, 15) is 9.59 Å². The minimum Gasteiger partial charge on any atom is -0.462 e. The lowest BCUT2D eigenvalue weighted by Crippen LogP contribution is -2.36. The van der Waals surface area contributed by atoms with Gasteiger partial charge in [-0.15, -0.1) is 11.3 Å². The summed E-state index contributed by atoms with van der Waals surface area (Å²) in [7, 11) is 0. The number of anilines is 2. The predicted molar refractivity (Wildman–Crippen MR) is 110 cm³/mol. The van der Waals surface area contributed by atoms with Crippen LogP contribution in [0.15, 0.2) is 24.3 Å². The van der Waals surface area contributed by atoms with Crippen molar-refractivity contribution in [2.45, 2.75) is 40.0 Å². The molecule has 0 fully saturated rings. The molecule has 144 valence electrons. The number of amides is 1. The molecular formula is C21H26N2O3S. The molecule has 0 unspecified atom stereocenters. The van der Waals surface area contributed by atoms with Crippen LogP contribution >= 0.6 is 11.3 Å². The molecule has 0 radical (unpaired) electrons. The summed E-state index contributed by atoms with van der Waals surface area (Å²) in [5, 5.41) is 3.51. The van der Waals surface area contributed by atoms with Gasteiger partial charge in [0.1, 0.15) is 5.00 Å². The summed E-state index contributed by atoms with van der Waals surface area (Å²) in [4.78, 5) is 28.0. The van der Waals surface area contributed by atoms with Crippen LogP contribution in [0.5, 0.6) is 0 Å². The van der Waals surface area contributed by atoms with Crippen molar-refractivity contribution in [1.82, 2.24) is 0 Å². The number of carbonyl (C=O) groups excluding carboxylic acids is 2. The van der Waals surface area contributed by atoms with Crippen molar-refractivity contribution >= 4 is 33.9 Å². The van der Waals surface area contributed by atoms with E-state index in [1.807, 2.05) is 13.0 Å². The fraction of sp³-hybridized carbons (Fsp3) is 0.429. The lowest BCUT2D eigenvalue weighted by molar-refractivity contribution is -0.115. The molecule has 0 saturated heterocycles. The van der Waals surface area contributed by atoms with Crippen molar-refractivity contribution in [1.29, 1.82) is 0 Å². The van der Waals surface area contributed by atoms with Gasteiger partial charge in [-0.25, -0.2) is 4.79 Å². The Morgan fingerprint density at radius 3 is 2.81 bits per heavy atom. The highest BCUT2D eigenvalue weighted by Gasteiger charge is 2.22. The van der Waals surface area contributed by atoms with Gasteiger partial charge >= 0.3 is 5.97 Å². The molecule has 0 atom stereocenters. The van der Waals surface area contributed by atoms with E-state index >= 15 is 0 Å². The van der Waals surface area contributed by atoms with Crippen LogP contribution in [0, 0.1) is 6.92 Å². The van der Waals surface area contributed by atoms with Crippen LogP contribution in [0.25, 0.3) is 0 Å². The molecule has 1 aliphatic rings. The summed E-state index contributed by atoms with van der Waals surface area (Å²) >= 11 is 1.44. The topological polar surface area (TPSA) is 58.6 Å². The highest BCUT2D eigenvalue weighted by molar-refractivity contribution is 7.16. The van der Waals surface area contributed by atoms with Crippen LogP contribution in [0.1, 0.15) is 46.6 Å². The minimum absolute atomic E-state index is 0.113. The van der Waals surface area contributed by atoms with Crippen LogP contribution in [0.2, 0.25) is 0 Å². The number of fused-ring (bicyclic) bond motifs is 1. The van der Waals surface area contributed by atoms with Gasteiger partial charge < -0.3 is 15.0 Å². The summed E-state index contributed by atoms with van der Waals surface area (Å²) < 4.78 is 5.12. The SMILES string of the molecule is CCOC(=O)c1cc(CC)sc1NC(=O)CN1CCCc2cc(C)ccc21. The Bertz CT molecular complexity index is 844. The van der Waals surface area contributed by atoms with E-state index < -0.39 is 0 Å². The Kier molecular flexibility index (Phi) is 6.16.